The van der Waals surface area contributed by atoms with E-state index in [1.165, 1.54) is 0 Å². The number of rotatable bonds is 7. The highest BCUT2D eigenvalue weighted by Gasteiger charge is 2.51. The molecule has 0 spiro atoms. The van der Waals surface area contributed by atoms with Crippen molar-refractivity contribution >= 4 is 11.8 Å². The van der Waals surface area contributed by atoms with E-state index < -0.39 is 0 Å². The SMILES string of the molecule is Cc1ncc(CN2C[C@@H](CC(=O)NC3CC3)[C@H]3[C@H](CC(=O)N4CCOCC4)OC[C@H]32)cn1. The summed E-state index contributed by atoms with van der Waals surface area (Å²) in [6.45, 7) is 6.52. The number of nitrogens with one attached hydrogen (secondary N) is 1. The number of nitrogens with zero attached hydrogens (tertiary/aromatic N) is 4. The van der Waals surface area contributed by atoms with E-state index in [9.17, 15) is 9.59 Å². The van der Waals surface area contributed by atoms with E-state index in [-0.39, 0.29) is 35.8 Å². The molecular weight excluding hydrogens is 410 g/mol. The summed E-state index contributed by atoms with van der Waals surface area (Å²) in [6.07, 6.45) is 6.64. The van der Waals surface area contributed by atoms with Crippen LogP contribution in [0.1, 0.15) is 37.1 Å². The molecule has 4 heterocycles. The van der Waals surface area contributed by atoms with Gasteiger partial charge in [-0.1, -0.05) is 0 Å². The fourth-order valence-corrected chi connectivity index (χ4v) is 5.40. The summed E-state index contributed by atoms with van der Waals surface area (Å²) in [7, 11) is 0. The molecule has 9 heteroatoms. The molecule has 32 heavy (non-hydrogen) atoms. The minimum Gasteiger partial charge on any atom is -0.378 e. The van der Waals surface area contributed by atoms with Gasteiger partial charge < -0.3 is 19.7 Å². The molecule has 4 fully saturated rings. The van der Waals surface area contributed by atoms with Gasteiger partial charge in [-0.15, -0.1) is 0 Å². The molecule has 9 nitrogen and oxygen atoms in total. The summed E-state index contributed by atoms with van der Waals surface area (Å²) in [5, 5.41) is 3.13. The third kappa shape index (κ3) is 4.94. The molecule has 3 aliphatic heterocycles. The molecule has 4 atom stereocenters. The minimum absolute atomic E-state index is 0.127. The second-order valence-electron chi connectivity index (χ2n) is 9.59. The number of likely N-dealkylation sites (tertiary alicyclic amines) is 1. The Hall–Kier alpha value is -2.10. The van der Waals surface area contributed by atoms with Gasteiger partial charge in [0.25, 0.3) is 0 Å². The Balaban J connectivity index is 1.28. The third-order valence-electron chi connectivity index (χ3n) is 7.19. The Morgan fingerprint density at radius 2 is 1.91 bits per heavy atom. The molecule has 1 N–H and O–H groups in total. The normalized spacial score (nSPS) is 30.3. The Bertz CT molecular complexity index is 824. The molecular formula is C23H33N5O4. The first-order valence-electron chi connectivity index (χ1n) is 11.8. The average molecular weight is 444 g/mol. The predicted molar refractivity (Wildman–Crippen MR) is 115 cm³/mol. The number of carbonyl (C=O) groups excluding carboxylic acids is 2. The number of ether oxygens (including phenoxy) is 2. The molecule has 5 rings (SSSR count). The van der Waals surface area contributed by atoms with Crippen LogP contribution in [0.2, 0.25) is 0 Å². The van der Waals surface area contributed by atoms with Crippen molar-refractivity contribution in [2.45, 2.75) is 57.3 Å². The van der Waals surface area contributed by atoms with Gasteiger partial charge in [-0.05, 0) is 25.7 Å². The van der Waals surface area contributed by atoms with Crippen molar-refractivity contribution in [3.8, 4) is 0 Å². The fraction of sp³-hybridized carbons (Fsp3) is 0.739. The molecule has 1 aromatic rings. The number of amides is 2. The van der Waals surface area contributed by atoms with Crippen LogP contribution in [0.15, 0.2) is 12.4 Å². The number of hydrogen-bond donors (Lipinski definition) is 1. The maximum atomic E-state index is 12.9. The number of hydrogen-bond acceptors (Lipinski definition) is 7. The molecule has 0 radical (unpaired) electrons. The van der Waals surface area contributed by atoms with Gasteiger partial charge in [0.2, 0.25) is 11.8 Å². The number of carbonyl (C=O) groups is 2. The lowest BCUT2D eigenvalue weighted by Gasteiger charge is -2.29. The second-order valence-corrected chi connectivity index (χ2v) is 9.59. The molecule has 1 aromatic heterocycles. The Morgan fingerprint density at radius 3 is 2.62 bits per heavy atom. The highest BCUT2D eigenvalue weighted by Crippen LogP contribution is 2.42. The van der Waals surface area contributed by atoms with Crippen LogP contribution in [-0.4, -0.2) is 89.2 Å². The van der Waals surface area contributed by atoms with E-state index in [1.54, 1.807) is 0 Å². The number of aromatic nitrogens is 2. The monoisotopic (exact) mass is 443 g/mol. The molecule has 1 saturated carbocycles. The van der Waals surface area contributed by atoms with Crippen LogP contribution in [0.4, 0.5) is 0 Å². The molecule has 0 bridgehead atoms. The molecule has 1 aliphatic carbocycles. The van der Waals surface area contributed by atoms with Crippen molar-refractivity contribution in [2.75, 3.05) is 39.5 Å². The lowest BCUT2D eigenvalue weighted by atomic mass is 9.84. The van der Waals surface area contributed by atoms with Gasteiger partial charge in [-0.2, -0.15) is 0 Å². The predicted octanol–water partition coefficient (Wildman–Crippen LogP) is 0.518. The molecule has 2 amide bonds. The molecule has 4 aliphatic rings. The van der Waals surface area contributed by atoms with Gasteiger partial charge >= 0.3 is 0 Å². The maximum Gasteiger partial charge on any atom is 0.225 e. The Labute approximate surface area is 188 Å². The zero-order chi connectivity index (χ0) is 22.1. The van der Waals surface area contributed by atoms with Gasteiger partial charge in [-0.3, -0.25) is 14.5 Å². The topological polar surface area (TPSA) is 96.9 Å². The number of fused-ring (bicyclic) bond motifs is 1. The van der Waals surface area contributed by atoms with E-state index in [1.807, 2.05) is 24.2 Å². The summed E-state index contributed by atoms with van der Waals surface area (Å²) in [5.41, 5.74) is 1.06. The molecule has 0 aromatic carbocycles. The quantitative estimate of drug-likeness (QED) is 0.656. The fourth-order valence-electron chi connectivity index (χ4n) is 5.40. The lowest BCUT2D eigenvalue weighted by molar-refractivity contribution is -0.138. The first-order chi connectivity index (χ1) is 15.6. The van der Waals surface area contributed by atoms with E-state index in [4.69, 9.17) is 9.47 Å². The third-order valence-corrected chi connectivity index (χ3v) is 7.19. The van der Waals surface area contributed by atoms with E-state index in [2.05, 4.69) is 20.2 Å². The lowest BCUT2D eigenvalue weighted by Crippen LogP contribution is -2.43. The second kappa shape index (κ2) is 9.41. The van der Waals surface area contributed by atoms with Crippen LogP contribution in [0.5, 0.6) is 0 Å². The zero-order valence-electron chi connectivity index (χ0n) is 18.7. The summed E-state index contributed by atoms with van der Waals surface area (Å²) in [6, 6.07) is 0.566. The minimum atomic E-state index is -0.145. The van der Waals surface area contributed by atoms with Crippen LogP contribution in [0.25, 0.3) is 0 Å². The van der Waals surface area contributed by atoms with Crippen molar-refractivity contribution in [3.05, 3.63) is 23.8 Å². The Morgan fingerprint density at radius 1 is 1.16 bits per heavy atom. The highest BCUT2D eigenvalue weighted by atomic mass is 16.5. The average Bonchev–Trinajstić information content (AvgIpc) is 3.41. The van der Waals surface area contributed by atoms with E-state index in [0.717, 1.165) is 37.3 Å². The van der Waals surface area contributed by atoms with Gasteiger partial charge in [0.15, 0.2) is 0 Å². The highest BCUT2D eigenvalue weighted by molar-refractivity contribution is 5.78. The smallest absolute Gasteiger partial charge is 0.225 e. The first kappa shape index (κ1) is 21.7. The van der Waals surface area contributed by atoms with Crippen molar-refractivity contribution in [1.82, 2.24) is 25.1 Å². The van der Waals surface area contributed by atoms with Crippen LogP contribution in [0, 0.1) is 18.8 Å². The first-order valence-corrected chi connectivity index (χ1v) is 11.8. The summed E-state index contributed by atoms with van der Waals surface area (Å²) < 4.78 is 11.6. The van der Waals surface area contributed by atoms with E-state index in [0.29, 0.717) is 51.8 Å². The standard InChI is InChI=1S/C23H33N5O4/c1-15-24-10-16(11-25-15)12-28-13-17(8-21(29)26-18-2-3-18)23-19(28)14-32-20(23)9-22(30)27-4-6-31-7-5-27/h10-11,17-20,23H,2-9,12-14H2,1H3,(H,26,29)/t17-,19-,20+,23-/m1/s1. The van der Waals surface area contributed by atoms with E-state index >= 15 is 0 Å². The number of aryl methyl sites for hydroxylation is 1. The van der Waals surface area contributed by atoms with Gasteiger partial charge in [0.05, 0.1) is 32.3 Å². The van der Waals surface area contributed by atoms with Crippen molar-refractivity contribution in [2.24, 2.45) is 11.8 Å². The summed E-state index contributed by atoms with van der Waals surface area (Å²) in [4.78, 5) is 38.5. The van der Waals surface area contributed by atoms with Gasteiger partial charge in [0, 0.05) is 68.6 Å². The zero-order valence-corrected chi connectivity index (χ0v) is 18.7. The van der Waals surface area contributed by atoms with Crippen molar-refractivity contribution < 1.29 is 19.1 Å². The van der Waals surface area contributed by atoms with Crippen molar-refractivity contribution in [3.63, 3.8) is 0 Å². The number of morpholine rings is 1. The van der Waals surface area contributed by atoms with Crippen LogP contribution in [-0.2, 0) is 25.6 Å². The van der Waals surface area contributed by atoms with Gasteiger partial charge in [-0.25, -0.2) is 9.97 Å². The summed E-state index contributed by atoms with van der Waals surface area (Å²) in [5.74, 6) is 1.37. The molecule has 174 valence electrons. The summed E-state index contributed by atoms with van der Waals surface area (Å²) >= 11 is 0. The van der Waals surface area contributed by atoms with Gasteiger partial charge in [0.1, 0.15) is 5.82 Å². The van der Waals surface area contributed by atoms with Crippen molar-refractivity contribution in [1.29, 1.82) is 0 Å². The van der Waals surface area contributed by atoms with Crippen LogP contribution >= 0.6 is 0 Å². The van der Waals surface area contributed by atoms with Crippen LogP contribution in [0.3, 0.4) is 0 Å². The maximum absolute atomic E-state index is 12.9. The largest absolute Gasteiger partial charge is 0.378 e. The Kier molecular flexibility index (Phi) is 6.39. The molecule has 0 unspecified atom stereocenters. The van der Waals surface area contributed by atoms with Crippen LogP contribution < -0.4 is 5.32 Å². The molecule has 3 saturated heterocycles.